The van der Waals surface area contributed by atoms with Gasteiger partial charge in [0.2, 0.25) is 0 Å². The Kier molecular flexibility index (Phi) is 9.64. The van der Waals surface area contributed by atoms with Crippen molar-refractivity contribution < 1.29 is 0 Å². The third-order valence-electron chi connectivity index (χ3n) is 12.8. The van der Waals surface area contributed by atoms with Crippen molar-refractivity contribution in [1.82, 2.24) is 23.7 Å². The van der Waals surface area contributed by atoms with Crippen molar-refractivity contribution in [3.8, 4) is 39.8 Å². The summed E-state index contributed by atoms with van der Waals surface area (Å²) in [4.78, 5) is 15.7. The molecule has 1 aliphatic rings. The van der Waals surface area contributed by atoms with Gasteiger partial charge in [0.05, 0.1) is 27.6 Å². The number of para-hydroxylation sites is 2. The summed E-state index contributed by atoms with van der Waals surface area (Å²) in [6, 6.07) is 66.5. The zero-order valence-electron chi connectivity index (χ0n) is 36.8. The number of rotatable bonds is 8. The van der Waals surface area contributed by atoms with Crippen molar-refractivity contribution in [2.45, 2.75) is 13.3 Å². The third-order valence-corrected chi connectivity index (χ3v) is 12.8. The predicted octanol–water partition coefficient (Wildman–Crippen LogP) is 13.5. The SMILES string of the molecule is CC1C=CC(c2cc(-c3ccccc3)nc(-n3c4ccccc4c4ccc5c(c6c(nc(-c7ccccc7)n6-c6ccccc6)n5-c5cccc(C(=N)N=C(N)c6ccccc6)c5)c43)c2)=CC1. The summed E-state index contributed by atoms with van der Waals surface area (Å²) in [6.07, 6.45) is 7.89. The second-order valence-corrected chi connectivity index (χ2v) is 17.1. The Bertz CT molecular complexity index is 3800. The number of nitrogens with one attached hydrogen (secondary N) is 1. The maximum Gasteiger partial charge on any atom is 0.165 e. The molecule has 0 spiro atoms. The molecule has 12 rings (SSSR count). The predicted molar refractivity (Wildman–Crippen MR) is 276 cm³/mol. The number of aromatic nitrogens is 5. The summed E-state index contributed by atoms with van der Waals surface area (Å²) in [6.45, 7) is 2.26. The lowest BCUT2D eigenvalue weighted by Gasteiger charge is -2.16. The zero-order chi connectivity index (χ0) is 45.0. The summed E-state index contributed by atoms with van der Waals surface area (Å²) < 4.78 is 6.90. The van der Waals surface area contributed by atoms with E-state index < -0.39 is 0 Å². The molecule has 1 aliphatic carbocycles. The van der Waals surface area contributed by atoms with Gasteiger partial charge >= 0.3 is 0 Å². The van der Waals surface area contributed by atoms with E-state index in [2.05, 4.69) is 171 Å². The first kappa shape index (κ1) is 39.7. The van der Waals surface area contributed by atoms with Gasteiger partial charge in [-0.15, -0.1) is 0 Å². The Balaban J connectivity index is 1.20. The molecule has 0 aliphatic heterocycles. The molecular weight excluding hydrogens is 821 g/mol. The number of nitrogens with zero attached hydrogens (tertiary/aromatic N) is 6. The molecule has 8 nitrogen and oxygen atoms in total. The number of benzene rings is 7. The zero-order valence-corrected chi connectivity index (χ0v) is 36.8. The molecule has 11 aromatic rings. The molecule has 1 unspecified atom stereocenters. The summed E-state index contributed by atoms with van der Waals surface area (Å²) in [7, 11) is 0. The molecule has 0 fully saturated rings. The van der Waals surface area contributed by atoms with Gasteiger partial charge in [0.1, 0.15) is 23.0 Å². The van der Waals surface area contributed by atoms with Crippen LogP contribution >= 0.6 is 0 Å². The molecule has 8 heteroatoms. The fraction of sp³-hybridized carbons (Fsp3) is 0.0508. The van der Waals surface area contributed by atoms with Crippen LogP contribution in [0.1, 0.15) is 30.0 Å². The van der Waals surface area contributed by atoms with Crippen LogP contribution in [0.15, 0.2) is 217 Å². The minimum absolute atomic E-state index is 0.0655. The van der Waals surface area contributed by atoms with Crippen LogP contribution in [0.5, 0.6) is 0 Å². The first-order valence-electron chi connectivity index (χ1n) is 22.6. The molecule has 67 heavy (non-hydrogen) atoms. The number of aliphatic imine (C=N–C) groups is 1. The number of hydrogen-bond donors (Lipinski definition) is 2. The van der Waals surface area contributed by atoms with Crippen LogP contribution in [0, 0.1) is 11.3 Å². The van der Waals surface area contributed by atoms with Gasteiger partial charge in [-0.1, -0.05) is 171 Å². The average Bonchev–Trinajstić information content (AvgIpc) is 4.04. The molecule has 7 aromatic carbocycles. The molecule has 320 valence electrons. The second kappa shape index (κ2) is 16.3. The maximum absolute atomic E-state index is 9.18. The van der Waals surface area contributed by atoms with E-state index in [1.807, 2.05) is 66.7 Å². The van der Waals surface area contributed by atoms with Gasteiger partial charge in [-0.3, -0.25) is 19.1 Å². The topological polar surface area (TPSA) is 103 Å². The molecule has 1 atom stereocenters. The fourth-order valence-electron chi connectivity index (χ4n) is 9.62. The summed E-state index contributed by atoms with van der Waals surface area (Å²) in [5.74, 6) is 2.47. The van der Waals surface area contributed by atoms with Crippen LogP contribution in [0.2, 0.25) is 0 Å². The fourth-order valence-corrected chi connectivity index (χ4v) is 9.62. The number of imidazole rings is 1. The number of allylic oxidation sites excluding steroid dienone is 4. The Labute approximate surface area is 387 Å². The molecule has 3 N–H and O–H groups in total. The molecule has 4 aromatic heterocycles. The Morgan fingerprint density at radius 2 is 1.25 bits per heavy atom. The van der Waals surface area contributed by atoms with Crippen molar-refractivity contribution in [1.29, 1.82) is 5.41 Å². The first-order chi connectivity index (χ1) is 33.0. The smallest absolute Gasteiger partial charge is 0.165 e. The van der Waals surface area contributed by atoms with Crippen molar-refractivity contribution in [3.63, 3.8) is 0 Å². The highest BCUT2D eigenvalue weighted by Crippen LogP contribution is 2.44. The molecule has 0 bridgehead atoms. The van der Waals surface area contributed by atoms with Crippen LogP contribution in [-0.4, -0.2) is 35.3 Å². The van der Waals surface area contributed by atoms with Gasteiger partial charge in [0.25, 0.3) is 0 Å². The Hall–Kier alpha value is -8.88. The van der Waals surface area contributed by atoms with Gasteiger partial charge in [-0.05, 0) is 72.0 Å². The van der Waals surface area contributed by atoms with E-state index in [4.69, 9.17) is 15.7 Å². The average molecular weight is 865 g/mol. The van der Waals surface area contributed by atoms with Gasteiger partial charge in [0, 0.05) is 44.4 Å². The number of fused-ring (bicyclic) bond motifs is 7. The van der Waals surface area contributed by atoms with Gasteiger partial charge in [0.15, 0.2) is 11.5 Å². The van der Waals surface area contributed by atoms with E-state index in [1.54, 1.807) is 0 Å². The van der Waals surface area contributed by atoms with E-state index in [1.165, 1.54) is 5.57 Å². The highest BCUT2D eigenvalue weighted by atomic mass is 15.2. The molecule has 4 heterocycles. The number of amidine groups is 2. The normalized spacial score (nSPS) is 14.1. The number of pyridine rings is 1. The maximum atomic E-state index is 9.18. The highest BCUT2D eigenvalue weighted by molar-refractivity contribution is 6.25. The molecular formula is C59H44N8. The highest BCUT2D eigenvalue weighted by Gasteiger charge is 2.28. The second-order valence-electron chi connectivity index (χ2n) is 17.1. The van der Waals surface area contributed by atoms with Crippen LogP contribution in [0.3, 0.4) is 0 Å². The minimum atomic E-state index is 0.0655. The monoisotopic (exact) mass is 864 g/mol. The molecule has 0 saturated carbocycles. The van der Waals surface area contributed by atoms with Gasteiger partial charge < -0.3 is 5.73 Å². The van der Waals surface area contributed by atoms with Gasteiger partial charge in [-0.25, -0.2) is 15.0 Å². The molecule has 0 amide bonds. The number of hydrogen-bond acceptors (Lipinski definition) is 3. The van der Waals surface area contributed by atoms with E-state index in [9.17, 15) is 5.41 Å². The first-order valence-corrected chi connectivity index (χ1v) is 22.6. The van der Waals surface area contributed by atoms with Crippen molar-refractivity contribution in [2.24, 2.45) is 16.6 Å². The lowest BCUT2D eigenvalue weighted by atomic mass is 9.94. The van der Waals surface area contributed by atoms with Crippen molar-refractivity contribution in [3.05, 3.63) is 229 Å². The summed E-state index contributed by atoms with van der Waals surface area (Å²) in [5, 5.41) is 12.4. The van der Waals surface area contributed by atoms with Crippen molar-refractivity contribution >= 4 is 61.1 Å². The molecule has 0 saturated heterocycles. The van der Waals surface area contributed by atoms with E-state index in [-0.39, 0.29) is 11.7 Å². The molecule has 0 radical (unpaired) electrons. The van der Waals surface area contributed by atoms with Crippen molar-refractivity contribution in [2.75, 3.05) is 0 Å². The van der Waals surface area contributed by atoms with Crippen LogP contribution in [0.25, 0.3) is 89.3 Å². The number of nitrogens with two attached hydrogens (primary N) is 1. The Morgan fingerprint density at radius 1 is 0.582 bits per heavy atom. The van der Waals surface area contributed by atoms with Gasteiger partial charge in [-0.2, -0.15) is 0 Å². The quantitative estimate of drug-likeness (QED) is 0.117. The van der Waals surface area contributed by atoms with E-state index in [0.717, 1.165) is 101 Å². The lowest BCUT2D eigenvalue weighted by Crippen LogP contribution is -2.15. The largest absolute Gasteiger partial charge is 0.383 e. The van der Waals surface area contributed by atoms with Crippen LogP contribution in [-0.2, 0) is 0 Å². The summed E-state index contributed by atoms with van der Waals surface area (Å²) in [5.41, 5.74) is 19.7. The van der Waals surface area contributed by atoms with Crippen LogP contribution in [0.4, 0.5) is 0 Å². The van der Waals surface area contributed by atoms with E-state index in [0.29, 0.717) is 11.5 Å². The third kappa shape index (κ3) is 6.85. The summed E-state index contributed by atoms with van der Waals surface area (Å²) >= 11 is 0. The Morgan fingerprint density at radius 3 is 2.00 bits per heavy atom. The standard InChI is InChI=1S/C59H44N8/c1-38-29-31-39(32-30-38)44-36-49(40-17-6-2-7-18-40)62-52(37-44)67-50-28-15-14-27-47(50)48-33-34-51-53(54(48)67)55-59(64-58(42-21-10-4-11-22-42)66(55)45-24-12-5-13-25-45)65(51)46-26-16-23-43(35-46)57(61)63-56(60)41-19-8-3-9-20-41/h2-29,31-38H,30H2,1H3,(H3,60,61,63). The lowest BCUT2D eigenvalue weighted by molar-refractivity contribution is 0.739. The van der Waals surface area contributed by atoms with Crippen LogP contribution < -0.4 is 5.73 Å². The van der Waals surface area contributed by atoms with E-state index >= 15 is 0 Å². The minimum Gasteiger partial charge on any atom is -0.383 e.